The predicted octanol–water partition coefficient (Wildman–Crippen LogP) is 1.07. The summed E-state index contributed by atoms with van der Waals surface area (Å²) < 4.78 is 12.8. The molecule has 0 aromatic heterocycles. The van der Waals surface area contributed by atoms with Gasteiger partial charge in [-0.1, -0.05) is 5.92 Å². The summed E-state index contributed by atoms with van der Waals surface area (Å²) in [6.07, 6.45) is 0.379. The van der Waals surface area contributed by atoms with Gasteiger partial charge in [-0.25, -0.2) is 9.18 Å². The van der Waals surface area contributed by atoms with Crippen molar-refractivity contribution in [3.8, 4) is 11.8 Å². The lowest BCUT2D eigenvalue weighted by atomic mass is 10.1. The van der Waals surface area contributed by atoms with Crippen LogP contribution in [-0.4, -0.2) is 17.4 Å². The fraction of sp³-hybridized carbons (Fsp3) is 0. The van der Waals surface area contributed by atoms with Crippen LogP contribution in [0.4, 0.5) is 4.39 Å². The summed E-state index contributed by atoms with van der Waals surface area (Å²) in [5.74, 6) is 2.28. The number of hydrogen-bond acceptors (Lipinski definition) is 2. The molecule has 0 bridgehead atoms. The zero-order valence-electron chi connectivity index (χ0n) is 6.95. The number of halogens is 1. The lowest BCUT2D eigenvalue weighted by molar-refractivity contribution is -0.103. The highest BCUT2D eigenvalue weighted by Crippen LogP contribution is 2.09. The number of aromatic carboxylic acids is 1. The van der Waals surface area contributed by atoms with Crippen LogP contribution in [0.1, 0.15) is 15.9 Å². The summed E-state index contributed by atoms with van der Waals surface area (Å²) in [7, 11) is 0. The highest BCUT2D eigenvalue weighted by Gasteiger charge is 2.09. The molecule has 0 unspecified atom stereocenters. The zero-order chi connectivity index (χ0) is 10.6. The standard InChI is InChI=1S/C10H5FO3/c11-9-4-3-7(2-1-5-12)6-8(9)10(13)14/h3-6H,(H,13,14). The van der Waals surface area contributed by atoms with Gasteiger partial charge in [0.25, 0.3) is 0 Å². The molecular weight excluding hydrogens is 187 g/mol. The Labute approximate surface area is 79.2 Å². The average Bonchev–Trinajstić information content (AvgIpc) is 2.16. The Morgan fingerprint density at radius 1 is 1.50 bits per heavy atom. The minimum Gasteiger partial charge on any atom is -0.478 e. The summed E-state index contributed by atoms with van der Waals surface area (Å²) in [5, 5.41) is 8.56. The summed E-state index contributed by atoms with van der Waals surface area (Å²) >= 11 is 0. The summed E-state index contributed by atoms with van der Waals surface area (Å²) in [6, 6.07) is 3.38. The molecule has 0 amide bonds. The molecule has 1 N–H and O–H groups in total. The molecule has 0 atom stereocenters. The second-order valence-electron chi connectivity index (χ2n) is 2.39. The molecule has 70 valence electrons. The van der Waals surface area contributed by atoms with E-state index in [4.69, 9.17) is 5.11 Å². The van der Waals surface area contributed by atoms with Crippen molar-refractivity contribution in [1.82, 2.24) is 0 Å². The maximum atomic E-state index is 12.8. The first kappa shape index (κ1) is 9.93. The van der Waals surface area contributed by atoms with Crippen LogP contribution in [-0.2, 0) is 4.79 Å². The predicted molar refractivity (Wildman–Crippen MR) is 46.3 cm³/mol. The molecule has 4 heteroatoms. The number of rotatable bonds is 1. The molecule has 1 aromatic carbocycles. The Balaban J connectivity index is 3.19. The average molecular weight is 192 g/mol. The van der Waals surface area contributed by atoms with Gasteiger partial charge in [0.1, 0.15) is 5.82 Å². The van der Waals surface area contributed by atoms with Crippen LogP contribution in [0.2, 0.25) is 0 Å². The quantitative estimate of drug-likeness (QED) is 0.535. The monoisotopic (exact) mass is 192 g/mol. The smallest absolute Gasteiger partial charge is 0.338 e. The van der Waals surface area contributed by atoms with Gasteiger partial charge in [-0.2, -0.15) is 0 Å². The van der Waals surface area contributed by atoms with E-state index in [2.05, 4.69) is 11.8 Å². The SMILES string of the molecule is O=CC#Cc1ccc(F)c(C(=O)O)c1. The highest BCUT2D eigenvalue weighted by atomic mass is 19.1. The van der Waals surface area contributed by atoms with Gasteiger partial charge in [0.2, 0.25) is 0 Å². The van der Waals surface area contributed by atoms with Crippen molar-refractivity contribution >= 4 is 12.3 Å². The Kier molecular flexibility index (Phi) is 2.97. The van der Waals surface area contributed by atoms with E-state index >= 15 is 0 Å². The second kappa shape index (κ2) is 4.19. The summed E-state index contributed by atoms with van der Waals surface area (Å²) in [6.45, 7) is 0. The molecule has 0 fully saturated rings. The van der Waals surface area contributed by atoms with Crippen molar-refractivity contribution in [1.29, 1.82) is 0 Å². The van der Waals surface area contributed by atoms with Crippen LogP contribution in [0.25, 0.3) is 0 Å². The molecule has 0 aliphatic carbocycles. The Morgan fingerprint density at radius 2 is 2.21 bits per heavy atom. The van der Waals surface area contributed by atoms with E-state index in [1.165, 1.54) is 6.07 Å². The van der Waals surface area contributed by atoms with Crippen LogP contribution < -0.4 is 0 Å². The van der Waals surface area contributed by atoms with Crippen molar-refractivity contribution in [3.05, 3.63) is 35.1 Å². The van der Waals surface area contributed by atoms with Crippen molar-refractivity contribution < 1.29 is 19.1 Å². The van der Waals surface area contributed by atoms with E-state index in [0.29, 0.717) is 6.29 Å². The molecular formula is C10H5FO3. The summed E-state index contributed by atoms with van der Waals surface area (Å²) in [4.78, 5) is 20.4. The number of carbonyl (C=O) groups is 2. The summed E-state index contributed by atoms with van der Waals surface area (Å²) in [5.41, 5.74) is -0.168. The number of carboxylic acids is 1. The van der Waals surface area contributed by atoms with Gasteiger partial charge in [0, 0.05) is 5.56 Å². The molecule has 0 spiro atoms. The number of carbonyl (C=O) groups excluding carboxylic acids is 1. The molecule has 0 heterocycles. The van der Waals surface area contributed by atoms with Gasteiger partial charge in [-0.3, -0.25) is 4.79 Å². The van der Waals surface area contributed by atoms with E-state index in [1.54, 1.807) is 0 Å². The second-order valence-corrected chi connectivity index (χ2v) is 2.39. The minimum atomic E-state index is -1.36. The highest BCUT2D eigenvalue weighted by molar-refractivity contribution is 5.88. The first-order valence-corrected chi connectivity index (χ1v) is 3.63. The van der Waals surface area contributed by atoms with Gasteiger partial charge < -0.3 is 5.11 Å². The number of hydrogen-bond donors (Lipinski definition) is 1. The lowest BCUT2D eigenvalue weighted by Crippen LogP contribution is -2.00. The van der Waals surface area contributed by atoms with Crippen molar-refractivity contribution in [2.24, 2.45) is 0 Å². The number of benzene rings is 1. The normalized spacial score (nSPS) is 8.64. The minimum absolute atomic E-state index is 0.288. The maximum Gasteiger partial charge on any atom is 0.338 e. The van der Waals surface area contributed by atoms with Crippen LogP contribution in [0, 0.1) is 17.7 Å². The fourth-order valence-electron chi connectivity index (χ4n) is 0.880. The molecule has 0 radical (unpaired) electrons. The van der Waals surface area contributed by atoms with Gasteiger partial charge in [0.05, 0.1) is 5.56 Å². The lowest BCUT2D eigenvalue weighted by Gasteiger charge is -1.96. The third kappa shape index (κ3) is 2.17. The first-order valence-electron chi connectivity index (χ1n) is 3.63. The van der Waals surface area contributed by atoms with E-state index in [0.717, 1.165) is 12.1 Å². The number of aldehydes is 1. The third-order valence-corrected chi connectivity index (χ3v) is 1.47. The third-order valence-electron chi connectivity index (χ3n) is 1.47. The van der Waals surface area contributed by atoms with E-state index in [-0.39, 0.29) is 5.56 Å². The molecule has 0 aliphatic rings. The fourth-order valence-corrected chi connectivity index (χ4v) is 0.880. The van der Waals surface area contributed by atoms with Crippen LogP contribution >= 0.6 is 0 Å². The Morgan fingerprint density at radius 3 is 2.79 bits per heavy atom. The van der Waals surface area contributed by atoms with Gasteiger partial charge in [-0.05, 0) is 24.1 Å². The first-order chi connectivity index (χ1) is 6.65. The molecule has 0 aliphatic heterocycles. The molecule has 1 aromatic rings. The number of carboxylic acid groups (broad SMARTS) is 1. The van der Waals surface area contributed by atoms with Gasteiger partial charge >= 0.3 is 5.97 Å². The molecule has 14 heavy (non-hydrogen) atoms. The van der Waals surface area contributed by atoms with Crippen LogP contribution in [0.5, 0.6) is 0 Å². The van der Waals surface area contributed by atoms with E-state index in [1.807, 2.05) is 0 Å². The maximum absolute atomic E-state index is 12.8. The zero-order valence-corrected chi connectivity index (χ0v) is 6.95. The largest absolute Gasteiger partial charge is 0.478 e. The Hall–Kier alpha value is -2.15. The van der Waals surface area contributed by atoms with Crippen molar-refractivity contribution in [2.45, 2.75) is 0 Å². The van der Waals surface area contributed by atoms with Crippen molar-refractivity contribution in [3.63, 3.8) is 0 Å². The molecule has 0 saturated heterocycles. The van der Waals surface area contributed by atoms with E-state index < -0.39 is 17.3 Å². The van der Waals surface area contributed by atoms with Crippen LogP contribution in [0.3, 0.4) is 0 Å². The Bertz CT molecular complexity index is 440. The molecule has 1 rings (SSSR count). The van der Waals surface area contributed by atoms with Gasteiger partial charge in [0.15, 0.2) is 6.29 Å². The molecule has 0 saturated carbocycles. The van der Waals surface area contributed by atoms with Crippen LogP contribution in [0.15, 0.2) is 18.2 Å². The van der Waals surface area contributed by atoms with Crippen molar-refractivity contribution in [2.75, 3.05) is 0 Å². The van der Waals surface area contributed by atoms with Gasteiger partial charge in [-0.15, -0.1) is 0 Å². The molecule has 3 nitrogen and oxygen atoms in total. The topological polar surface area (TPSA) is 54.4 Å². The van der Waals surface area contributed by atoms with E-state index in [9.17, 15) is 14.0 Å².